The van der Waals surface area contributed by atoms with E-state index in [9.17, 15) is 4.79 Å². The van der Waals surface area contributed by atoms with Crippen LogP contribution in [0.2, 0.25) is 0 Å². The van der Waals surface area contributed by atoms with Crippen LogP contribution in [-0.4, -0.2) is 23.8 Å². The van der Waals surface area contributed by atoms with Crippen LogP contribution in [0.4, 0.5) is 0 Å². The number of aromatic nitrogens is 1. The highest BCUT2D eigenvalue weighted by molar-refractivity contribution is 7.80. The van der Waals surface area contributed by atoms with Gasteiger partial charge in [-0.3, -0.25) is 0 Å². The fourth-order valence-electron chi connectivity index (χ4n) is 1.86. The molecule has 3 nitrogen and oxygen atoms in total. The topological polar surface area (TPSA) is 42.1 Å². The number of methoxy groups -OCH3 is 1. The molecular formula is C14H15NO2S. The lowest BCUT2D eigenvalue weighted by Crippen LogP contribution is -2.02. The van der Waals surface area contributed by atoms with Gasteiger partial charge in [-0.2, -0.15) is 12.6 Å². The van der Waals surface area contributed by atoms with Crippen LogP contribution in [-0.2, 0) is 4.74 Å². The van der Waals surface area contributed by atoms with Gasteiger partial charge in [-0.05, 0) is 35.9 Å². The lowest BCUT2D eigenvalue weighted by molar-refractivity contribution is 0.0603. The number of nitrogens with one attached hydrogen (secondary N) is 1. The van der Waals surface area contributed by atoms with E-state index in [-0.39, 0.29) is 5.97 Å². The van der Waals surface area contributed by atoms with Crippen LogP contribution in [0.1, 0.15) is 22.3 Å². The lowest BCUT2D eigenvalue weighted by Gasteiger charge is -2.03. The van der Waals surface area contributed by atoms with E-state index in [2.05, 4.69) is 17.6 Å². The average molecular weight is 261 g/mol. The molecule has 18 heavy (non-hydrogen) atoms. The molecule has 0 radical (unpaired) electrons. The third kappa shape index (κ3) is 2.59. The molecule has 0 amide bonds. The molecule has 94 valence electrons. The number of fused-ring (bicyclic) bond motifs is 1. The molecular weight excluding hydrogens is 246 g/mol. The summed E-state index contributed by atoms with van der Waals surface area (Å²) in [6.07, 6.45) is 6.75. The highest BCUT2D eigenvalue weighted by Crippen LogP contribution is 2.22. The van der Waals surface area contributed by atoms with Crippen LogP contribution >= 0.6 is 12.6 Å². The van der Waals surface area contributed by atoms with Gasteiger partial charge in [0, 0.05) is 17.1 Å². The number of carbonyl (C=O) groups is 1. The number of esters is 1. The number of hydrogen-bond donors (Lipinski definition) is 2. The molecule has 0 saturated carbocycles. The summed E-state index contributed by atoms with van der Waals surface area (Å²) in [5, 5.41) is 0.883. The largest absolute Gasteiger partial charge is 0.465 e. The number of H-pyrrole nitrogens is 1. The molecule has 0 aliphatic rings. The smallest absolute Gasteiger partial charge is 0.338 e. The van der Waals surface area contributed by atoms with Gasteiger partial charge in [0.15, 0.2) is 0 Å². The molecule has 0 fully saturated rings. The third-order valence-electron chi connectivity index (χ3n) is 2.70. The molecule has 1 aromatic carbocycles. The number of thiol groups is 1. The Bertz CT molecular complexity index is 586. The first-order chi connectivity index (χ1) is 8.76. The number of ether oxygens (including phenoxy) is 1. The van der Waals surface area contributed by atoms with Gasteiger partial charge in [-0.25, -0.2) is 4.79 Å². The molecule has 0 aliphatic carbocycles. The second kappa shape index (κ2) is 5.78. The molecule has 4 heteroatoms. The van der Waals surface area contributed by atoms with Crippen molar-refractivity contribution in [2.75, 3.05) is 12.9 Å². The Morgan fingerprint density at radius 3 is 3.06 bits per heavy atom. The Morgan fingerprint density at radius 2 is 2.33 bits per heavy atom. The highest BCUT2D eigenvalue weighted by Gasteiger charge is 2.11. The van der Waals surface area contributed by atoms with Crippen LogP contribution in [0.25, 0.3) is 17.0 Å². The van der Waals surface area contributed by atoms with Gasteiger partial charge in [-0.1, -0.05) is 12.2 Å². The van der Waals surface area contributed by atoms with Crippen molar-refractivity contribution < 1.29 is 9.53 Å². The molecule has 1 N–H and O–H groups in total. The molecule has 2 aromatic rings. The first kappa shape index (κ1) is 12.8. The number of benzene rings is 1. The monoisotopic (exact) mass is 261 g/mol. The summed E-state index contributed by atoms with van der Waals surface area (Å²) in [5.74, 6) is 0.495. The number of hydrogen-bond acceptors (Lipinski definition) is 3. The first-order valence-electron chi connectivity index (χ1n) is 5.73. The Balaban J connectivity index is 2.47. The summed E-state index contributed by atoms with van der Waals surface area (Å²) < 4.78 is 4.81. The molecule has 1 aromatic heterocycles. The van der Waals surface area contributed by atoms with E-state index in [0.717, 1.165) is 28.6 Å². The van der Waals surface area contributed by atoms with Crippen LogP contribution in [0, 0.1) is 0 Å². The van der Waals surface area contributed by atoms with Crippen molar-refractivity contribution >= 4 is 35.6 Å². The molecule has 0 bridgehead atoms. The fourth-order valence-corrected chi connectivity index (χ4v) is 2.01. The van der Waals surface area contributed by atoms with E-state index in [1.807, 2.05) is 36.5 Å². The number of carbonyl (C=O) groups excluding carboxylic acids is 1. The van der Waals surface area contributed by atoms with Crippen molar-refractivity contribution in [2.24, 2.45) is 0 Å². The second-order valence-corrected chi connectivity index (χ2v) is 4.36. The average Bonchev–Trinajstić information content (AvgIpc) is 2.85. The van der Waals surface area contributed by atoms with Gasteiger partial charge in [0.05, 0.1) is 12.7 Å². The van der Waals surface area contributed by atoms with E-state index in [1.165, 1.54) is 7.11 Å². The SMILES string of the molecule is COC(=O)c1cc(C=CCCS)cc2[nH]ccc12. The maximum absolute atomic E-state index is 11.7. The van der Waals surface area contributed by atoms with Crippen molar-refractivity contribution in [3.63, 3.8) is 0 Å². The quantitative estimate of drug-likeness (QED) is 0.655. The standard InChI is InChI=1S/C14H15NO2S/c1-17-14(16)12-8-10(4-2-3-7-18)9-13-11(12)5-6-15-13/h2,4-6,8-9,15,18H,3,7H2,1H3. The maximum atomic E-state index is 11.7. The van der Waals surface area contributed by atoms with E-state index in [0.29, 0.717) is 5.56 Å². The van der Waals surface area contributed by atoms with Gasteiger partial charge in [0.2, 0.25) is 0 Å². The van der Waals surface area contributed by atoms with Gasteiger partial charge in [0.1, 0.15) is 0 Å². The van der Waals surface area contributed by atoms with Crippen molar-refractivity contribution in [3.05, 3.63) is 41.6 Å². The zero-order valence-corrected chi connectivity index (χ0v) is 11.0. The first-order valence-corrected chi connectivity index (χ1v) is 6.36. The molecule has 0 atom stereocenters. The van der Waals surface area contributed by atoms with Crippen molar-refractivity contribution in [2.45, 2.75) is 6.42 Å². The van der Waals surface area contributed by atoms with Crippen LogP contribution in [0.15, 0.2) is 30.5 Å². The Kier molecular flexibility index (Phi) is 4.10. The minimum Gasteiger partial charge on any atom is -0.465 e. The van der Waals surface area contributed by atoms with Gasteiger partial charge >= 0.3 is 5.97 Å². The predicted octanol–water partition coefficient (Wildman–Crippen LogP) is 3.29. The van der Waals surface area contributed by atoms with Crippen LogP contribution in [0.3, 0.4) is 0 Å². The molecule has 0 saturated heterocycles. The molecule has 0 aliphatic heterocycles. The van der Waals surface area contributed by atoms with Crippen LogP contribution < -0.4 is 0 Å². The van der Waals surface area contributed by atoms with Gasteiger partial charge in [0.25, 0.3) is 0 Å². The summed E-state index contributed by atoms with van der Waals surface area (Å²) in [5.41, 5.74) is 2.50. The summed E-state index contributed by atoms with van der Waals surface area (Å²) >= 11 is 4.15. The minimum atomic E-state index is -0.316. The Morgan fingerprint density at radius 1 is 1.50 bits per heavy atom. The van der Waals surface area contributed by atoms with E-state index >= 15 is 0 Å². The van der Waals surface area contributed by atoms with Gasteiger partial charge in [-0.15, -0.1) is 0 Å². The fraction of sp³-hybridized carbons (Fsp3) is 0.214. The van der Waals surface area contributed by atoms with Gasteiger partial charge < -0.3 is 9.72 Å². The van der Waals surface area contributed by atoms with Crippen molar-refractivity contribution in [1.82, 2.24) is 4.98 Å². The summed E-state index contributed by atoms with van der Waals surface area (Å²) in [6, 6.07) is 5.73. The second-order valence-electron chi connectivity index (χ2n) is 3.91. The Labute approximate surface area is 111 Å². The van der Waals surface area contributed by atoms with E-state index < -0.39 is 0 Å². The molecule has 0 spiro atoms. The molecule has 0 unspecified atom stereocenters. The maximum Gasteiger partial charge on any atom is 0.338 e. The van der Waals surface area contributed by atoms with Crippen molar-refractivity contribution in [3.8, 4) is 0 Å². The molecule has 2 rings (SSSR count). The normalized spacial score (nSPS) is 11.2. The summed E-state index contributed by atoms with van der Waals surface area (Å²) in [6.45, 7) is 0. The summed E-state index contributed by atoms with van der Waals surface area (Å²) in [7, 11) is 1.39. The minimum absolute atomic E-state index is 0.316. The highest BCUT2D eigenvalue weighted by atomic mass is 32.1. The molecule has 1 heterocycles. The van der Waals surface area contributed by atoms with Crippen LogP contribution in [0.5, 0.6) is 0 Å². The lowest BCUT2D eigenvalue weighted by atomic mass is 10.1. The third-order valence-corrected chi connectivity index (χ3v) is 2.96. The number of aromatic amines is 1. The zero-order chi connectivity index (χ0) is 13.0. The predicted molar refractivity (Wildman–Crippen MR) is 77.1 cm³/mol. The number of allylic oxidation sites excluding steroid dienone is 1. The van der Waals surface area contributed by atoms with E-state index in [4.69, 9.17) is 4.74 Å². The zero-order valence-electron chi connectivity index (χ0n) is 10.1. The number of rotatable bonds is 4. The van der Waals surface area contributed by atoms with Crippen molar-refractivity contribution in [1.29, 1.82) is 0 Å². The van der Waals surface area contributed by atoms with E-state index in [1.54, 1.807) is 0 Å². The summed E-state index contributed by atoms with van der Waals surface area (Å²) in [4.78, 5) is 14.8. The Hall–Kier alpha value is -1.68.